The Balaban J connectivity index is 0.00000200. The molecule has 0 spiro atoms. The summed E-state index contributed by atoms with van der Waals surface area (Å²) in [5.74, 6) is 0.110. The SMILES string of the molecule is CC1OCCN(C(=O)CC(N)c2ccccc2)C1C.Cl. The van der Waals surface area contributed by atoms with Crippen molar-refractivity contribution in [2.75, 3.05) is 13.2 Å². The molecule has 2 N–H and O–H groups in total. The fourth-order valence-corrected chi connectivity index (χ4v) is 2.41. The Hall–Kier alpha value is -1.10. The van der Waals surface area contributed by atoms with Crippen molar-refractivity contribution in [2.24, 2.45) is 5.73 Å². The van der Waals surface area contributed by atoms with Gasteiger partial charge in [0.1, 0.15) is 0 Å². The van der Waals surface area contributed by atoms with Crippen LogP contribution in [0, 0.1) is 0 Å². The van der Waals surface area contributed by atoms with Crippen LogP contribution in [0.3, 0.4) is 0 Å². The quantitative estimate of drug-likeness (QED) is 0.930. The van der Waals surface area contributed by atoms with Gasteiger partial charge in [-0.3, -0.25) is 4.79 Å². The molecule has 1 heterocycles. The molecular weight excluding hydrogens is 276 g/mol. The van der Waals surface area contributed by atoms with Crippen LogP contribution < -0.4 is 5.73 Å². The van der Waals surface area contributed by atoms with E-state index in [0.717, 1.165) is 5.56 Å². The van der Waals surface area contributed by atoms with Gasteiger partial charge in [-0.1, -0.05) is 30.3 Å². The van der Waals surface area contributed by atoms with Gasteiger partial charge < -0.3 is 15.4 Å². The molecule has 1 saturated heterocycles. The first-order chi connectivity index (χ1) is 9.09. The predicted molar refractivity (Wildman–Crippen MR) is 81.8 cm³/mol. The minimum atomic E-state index is -0.237. The minimum Gasteiger partial charge on any atom is -0.375 e. The molecule has 4 nitrogen and oxygen atoms in total. The molecule has 0 radical (unpaired) electrons. The zero-order chi connectivity index (χ0) is 13.8. The van der Waals surface area contributed by atoms with Gasteiger partial charge in [0, 0.05) is 19.0 Å². The number of ether oxygens (including phenoxy) is 1. The summed E-state index contributed by atoms with van der Waals surface area (Å²) in [6, 6.07) is 9.64. The van der Waals surface area contributed by atoms with Crippen molar-refractivity contribution in [3.8, 4) is 0 Å². The van der Waals surface area contributed by atoms with Crippen molar-refractivity contribution in [2.45, 2.75) is 38.5 Å². The molecule has 1 aromatic carbocycles. The second kappa shape index (κ2) is 7.62. The Kier molecular flexibility index (Phi) is 6.46. The summed E-state index contributed by atoms with van der Waals surface area (Å²) in [6.45, 7) is 5.29. The molecule has 0 aromatic heterocycles. The standard InChI is InChI=1S/C15H22N2O2.ClH/c1-11-12(2)19-9-8-17(11)15(18)10-14(16)13-6-4-3-5-7-13;/h3-7,11-12,14H,8-10,16H2,1-2H3;1H. The van der Waals surface area contributed by atoms with E-state index >= 15 is 0 Å². The molecule has 20 heavy (non-hydrogen) atoms. The molecule has 112 valence electrons. The highest BCUT2D eigenvalue weighted by molar-refractivity contribution is 5.85. The van der Waals surface area contributed by atoms with E-state index in [1.54, 1.807) is 0 Å². The molecule has 0 bridgehead atoms. The number of benzene rings is 1. The maximum atomic E-state index is 12.3. The Morgan fingerprint density at radius 3 is 2.70 bits per heavy atom. The summed E-state index contributed by atoms with van der Waals surface area (Å²) in [5, 5.41) is 0. The Morgan fingerprint density at radius 2 is 2.05 bits per heavy atom. The summed E-state index contributed by atoms with van der Waals surface area (Å²) < 4.78 is 5.53. The molecular formula is C15H23ClN2O2. The molecule has 2 rings (SSSR count). The van der Waals surface area contributed by atoms with Crippen LogP contribution in [0.2, 0.25) is 0 Å². The summed E-state index contributed by atoms with van der Waals surface area (Å²) in [5.41, 5.74) is 7.11. The molecule has 1 fully saturated rings. The van der Waals surface area contributed by atoms with E-state index in [4.69, 9.17) is 10.5 Å². The number of hydrogen-bond acceptors (Lipinski definition) is 3. The third-order valence-corrected chi connectivity index (χ3v) is 3.83. The van der Waals surface area contributed by atoms with Crippen molar-refractivity contribution in [1.29, 1.82) is 0 Å². The van der Waals surface area contributed by atoms with E-state index in [1.807, 2.05) is 49.1 Å². The minimum absolute atomic E-state index is 0. The Bertz CT molecular complexity index is 427. The van der Waals surface area contributed by atoms with Crippen LogP contribution in [0.4, 0.5) is 0 Å². The first kappa shape index (κ1) is 17.0. The molecule has 1 aliphatic heterocycles. The van der Waals surface area contributed by atoms with Gasteiger partial charge >= 0.3 is 0 Å². The highest BCUT2D eigenvalue weighted by Gasteiger charge is 2.29. The van der Waals surface area contributed by atoms with E-state index in [-0.39, 0.29) is 36.5 Å². The van der Waals surface area contributed by atoms with Gasteiger partial charge in [0.15, 0.2) is 0 Å². The van der Waals surface area contributed by atoms with Crippen LogP contribution in [0.15, 0.2) is 30.3 Å². The van der Waals surface area contributed by atoms with Crippen LogP contribution in [0.5, 0.6) is 0 Å². The van der Waals surface area contributed by atoms with Gasteiger partial charge in [-0.25, -0.2) is 0 Å². The lowest BCUT2D eigenvalue weighted by molar-refractivity contribution is -0.144. The second-order valence-electron chi connectivity index (χ2n) is 5.12. The Labute approximate surface area is 126 Å². The van der Waals surface area contributed by atoms with Gasteiger partial charge in [0.2, 0.25) is 5.91 Å². The van der Waals surface area contributed by atoms with Crippen LogP contribution in [0.1, 0.15) is 31.9 Å². The van der Waals surface area contributed by atoms with Crippen molar-refractivity contribution >= 4 is 18.3 Å². The number of amides is 1. The van der Waals surface area contributed by atoms with Gasteiger partial charge in [-0.05, 0) is 19.4 Å². The largest absolute Gasteiger partial charge is 0.375 e. The summed E-state index contributed by atoms with van der Waals surface area (Å²) in [4.78, 5) is 14.2. The number of nitrogens with two attached hydrogens (primary N) is 1. The number of nitrogens with zero attached hydrogens (tertiary/aromatic N) is 1. The molecule has 1 aliphatic rings. The maximum Gasteiger partial charge on any atom is 0.224 e. The van der Waals surface area contributed by atoms with E-state index in [9.17, 15) is 4.79 Å². The third kappa shape index (κ3) is 3.95. The van der Waals surface area contributed by atoms with E-state index in [1.165, 1.54) is 0 Å². The Morgan fingerprint density at radius 1 is 1.40 bits per heavy atom. The zero-order valence-electron chi connectivity index (χ0n) is 12.0. The first-order valence-corrected chi connectivity index (χ1v) is 6.81. The molecule has 3 atom stereocenters. The highest BCUT2D eigenvalue weighted by atomic mass is 35.5. The smallest absolute Gasteiger partial charge is 0.224 e. The summed E-state index contributed by atoms with van der Waals surface area (Å²) >= 11 is 0. The number of rotatable bonds is 3. The monoisotopic (exact) mass is 298 g/mol. The number of halogens is 1. The topological polar surface area (TPSA) is 55.6 Å². The third-order valence-electron chi connectivity index (χ3n) is 3.83. The van der Waals surface area contributed by atoms with Crippen LogP contribution in [0.25, 0.3) is 0 Å². The van der Waals surface area contributed by atoms with E-state index < -0.39 is 0 Å². The van der Waals surface area contributed by atoms with Crippen molar-refractivity contribution < 1.29 is 9.53 Å². The molecule has 5 heteroatoms. The lowest BCUT2D eigenvalue weighted by Gasteiger charge is -2.38. The fraction of sp³-hybridized carbons (Fsp3) is 0.533. The normalized spacial score (nSPS) is 23.9. The number of carbonyl (C=O) groups excluding carboxylic acids is 1. The molecule has 1 aromatic rings. The second-order valence-corrected chi connectivity index (χ2v) is 5.12. The fourth-order valence-electron chi connectivity index (χ4n) is 2.41. The van der Waals surface area contributed by atoms with Gasteiger partial charge in [-0.15, -0.1) is 12.4 Å². The molecule has 0 aliphatic carbocycles. The van der Waals surface area contributed by atoms with Gasteiger partial charge in [0.25, 0.3) is 0 Å². The van der Waals surface area contributed by atoms with E-state index in [2.05, 4.69) is 0 Å². The summed E-state index contributed by atoms with van der Waals surface area (Å²) in [7, 11) is 0. The van der Waals surface area contributed by atoms with Crippen molar-refractivity contribution in [3.63, 3.8) is 0 Å². The predicted octanol–water partition coefficient (Wildman–Crippen LogP) is 2.13. The lowest BCUT2D eigenvalue weighted by Crippen LogP contribution is -2.51. The van der Waals surface area contributed by atoms with Crippen LogP contribution in [-0.4, -0.2) is 36.1 Å². The van der Waals surface area contributed by atoms with Crippen molar-refractivity contribution in [1.82, 2.24) is 4.90 Å². The average molecular weight is 299 g/mol. The number of hydrogen-bond donors (Lipinski definition) is 1. The maximum absolute atomic E-state index is 12.3. The highest BCUT2D eigenvalue weighted by Crippen LogP contribution is 2.19. The molecule has 3 unspecified atom stereocenters. The zero-order valence-corrected chi connectivity index (χ0v) is 12.8. The average Bonchev–Trinajstić information content (AvgIpc) is 2.42. The summed E-state index contributed by atoms with van der Waals surface area (Å²) in [6.07, 6.45) is 0.437. The molecule has 1 amide bonds. The van der Waals surface area contributed by atoms with E-state index in [0.29, 0.717) is 19.6 Å². The van der Waals surface area contributed by atoms with Crippen molar-refractivity contribution in [3.05, 3.63) is 35.9 Å². The van der Waals surface area contributed by atoms with Gasteiger partial charge in [-0.2, -0.15) is 0 Å². The number of morpholine rings is 1. The van der Waals surface area contributed by atoms with Crippen LogP contribution >= 0.6 is 12.4 Å². The lowest BCUT2D eigenvalue weighted by atomic mass is 10.0. The number of carbonyl (C=O) groups is 1. The van der Waals surface area contributed by atoms with Gasteiger partial charge in [0.05, 0.1) is 18.8 Å². The van der Waals surface area contributed by atoms with Crippen LogP contribution in [-0.2, 0) is 9.53 Å². The first-order valence-electron chi connectivity index (χ1n) is 6.81. The molecule has 0 saturated carbocycles.